The number of benzene rings is 3. The lowest BCUT2D eigenvalue weighted by molar-refractivity contribution is 0.0956. The SMILES string of the molecule is COc1ccccc1/C=N\NC(=O)c1ccccc1NS(=O)(=O)c1ccc(C)cc1. The van der Waals surface area contributed by atoms with Crippen LogP contribution in [-0.2, 0) is 10.0 Å². The maximum absolute atomic E-state index is 12.7. The van der Waals surface area contributed by atoms with E-state index in [-0.39, 0.29) is 16.1 Å². The fraction of sp³-hybridized carbons (Fsp3) is 0.0909. The third-order valence-electron chi connectivity index (χ3n) is 4.26. The summed E-state index contributed by atoms with van der Waals surface area (Å²) in [4.78, 5) is 12.7. The van der Waals surface area contributed by atoms with Gasteiger partial charge >= 0.3 is 0 Å². The van der Waals surface area contributed by atoms with Gasteiger partial charge in [0.05, 0.1) is 29.5 Å². The summed E-state index contributed by atoms with van der Waals surface area (Å²) >= 11 is 0. The molecule has 0 unspecified atom stereocenters. The fourth-order valence-electron chi connectivity index (χ4n) is 2.68. The predicted molar refractivity (Wildman–Crippen MR) is 116 cm³/mol. The van der Waals surface area contributed by atoms with E-state index in [0.29, 0.717) is 11.3 Å². The van der Waals surface area contributed by atoms with Gasteiger partial charge in [0, 0.05) is 5.56 Å². The molecule has 7 nitrogen and oxygen atoms in total. The lowest BCUT2D eigenvalue weighted by atomic mass is 10.2. The van der Waals surface area contributed by atoms with Crippen molar-refractivity contribution >= 4 is 27.8 Å². The monoisotopic (exact) mass is 423 g/mol. The molecule has 30 heavy (non-hydrogen) atoms. The van der Waals surface area contributed by atoms with Crippen LogP contribution in [0.2, 0.25) is 0 Å². The first kappa shape index (κ1) is 21.1. The van der Waals surface area contributed by atoms with Gasteiger partial charge < -0.3 is 4.74 Å². The second-order valence-corrected chi connectivity index (χ2v) is 8.09. The number of rotatable bonds is 7. The van der Waals surface area contributed by atoms with E-state index in [4.69, 9.17) is 4.74 Å². The van der Waals surface area contributed by atoms with Gasteiger partial charge in [-0.1, -0.05) is 42.0 Å². The summed E-state index contributed by atoms with van der Waals surface area (Å²) in [6.07, 6.45) is 1.45. The van der Waals surface area contributed by atoms with Gasteiger partial charge in [0.2, 0.25) is 0 Å². The van der Waals surface area contributed by atoms with Gasteiger partial charge in [-0.25, -0.2) is 13.8 Å². The fourth-order valence-corrected chi connectivity index (χ4v) is 3.76. The van der Waals surface area contributed by atoms with Crippen LogP contribution in [0.25, 0.3) is 0 Å². The number of nitrogens with one attached hydrogen (secondary N) is 2. The first-order valence-corrected chi connectivity index (χ1v) is 10.5. The summed E-state index contributed by atoms with van der Waals surface area (Å²) < 4.78 is 33.0. The maximum Gasteiger partial charge on any atom is 0.273 e. The zero-order valence-corrected chi connectivity index (χ0v) is 17.3. The van der Waals surface area contributed by atoms with Crippen LogP contribution in [0.4, 0.5) is 5.69 Å². The van der Waals surface area contributed by atoms with Gasteiger partial charge in [0.25, 0.3) is 15.9 Å². The minimum absolute atomic E-state index is 0.109. The molecule has 3 aromatic carbocycles. The molecule has 0 aromatic heterocycles. The minimum atomic E-state index is -3.84. The molecular weight excluding hydrogens is 402 g/mol. The number of nitrogens with zero attached hydrogens (tertiary/aromatic N) is 1. The molecular formula is C22H21N3O4S. The highest BCUT2D eigenvalue weighted by atomic mass is 32.2. The van der Waals surface area contributed by atoms with Crippen molar-refractivity contribution in [3.63, 3.8) is 0 Å². The second-order valence-electron chi connectivity index (χ2n) is 6.41. The zero-order valence-electron chi connectivity index (χ0n) is 16.5. The summed E-state index contributed by atoms with van der Waals surface area (Å²) in [7, 11) is -2.30. The molecule has 0 heterocycles. The number of anilines is 1. The number of ether oxygens (including phenoxy) is 1. The number of hydrazone groups is 1. The highest BCUT2D eigenvalue weighted by molar-refractivity contribution is 7.92. The summed E-state index contributed by atoms with van der Waals surface area (Å²) in [6.45, 7) is 1.87. The lowest BCUT2D eigenvalue weighted by Crippen LogP contribution is -2.21. The molecule has 0 fully saturated rings. The van der Waals surface area contributed by atoms with Crippen molar-refractivity contribution in [3.05, 3.63) is 89.5 Å². The largest absolute Gasteiger partial charge is 0.496 e. The van der Waals surface area contributed by atoms with Crippen LogP contribution in [0.5, 0.6) is 5.75 Å². The number of para-hydroxylation sites is 2. The molecule has 3 aromatic rings. The normalized spacial score (nSPS) is 11.3. The van der Waals surface area contributed by atoms with Crippen molar-refractivity contribution in [2.24, 2.45) is 5.10 Å². The Bertz CT molecular complexity index is 1170. The van der Waals surface area contributed by atoms with Gasteiger partial charge in [0.1, 0.15) is 5.75 Å². The average Bonchev–Trinajstić information content (AvgIpc) is 2.74. The molecule has 154 valence electrons. The molecule has 0 aliphatic carbocycles. The number of methoxy groups -OCH3 is 1. The molecule has 0 aliphatic rings. The number of carbonyl (C=O) groups is 1. The van der Waals surface area contributed by atoms with Crippen LogP contribution >= 0.6 is 0 Å². The Balaban J connectivity index is 1.78. The zero-order chi connectivity index (χ0) is 21.6. The predicted octanol–water partition coefficient (Wildman–Crippen LogP) is 3.57. The Kier molecular flexibility index (Phi) is 6.48. The van der Waals surface area contributed by atoms with Crippen LogP contribution in [0.15, 0.2) is 82.8 Å². The van der Waals surface area contributed by atoms with Gasteiger partial charge in [0.15, 0.2) is 0 Å². The molecule has 0 spiro atoms. The van der Waals surface area contributed by atoms with Crippen molar-refractivity contribution in [1.29, 1.82) is 0 Å². The van der Waals surface area contributed by atoms with E-state index in [2.05, 4.69) is 15.2 Å². The number of amides is 1. The topological polar surface area (TPSA) is 96.9 Å². The molecule has 0 bridgehead atoms. The first-order valence-electron chi connectivity index (χ1n) is 9.05. The number of carbonyl (C=O) groups excluding carboxylic acids is 1. The smallest absolute Gasteiger partial charge is 0.273 e. The Morgan fingerprint density at radius 1 is 0.967 bits per heavy atom. The van der Waals surface area contributed by atoms with Crippen molar-refractivity contribution < 1.29 is 17.9 Å². The Hall–Kier alpha value is -3.65. The van der Waals surface area contributed by atoms with E-state index in [1.54, 1.807) is 43.5 Å². The number of sulfonamides is 1. The second kappa shape index (κ2) is 9.23. The molecule has 0 radical (unpaired) electrons. The molecule has 0 atom stereocenters. The summed E-state index contributed by atoms with van der Waals surface area (Å²) in [5, 5.41) is 3.95. The van der Waals surface area contributed by atoms with Crippen LogP contribution in [0.1, 0.15) is 21.5 Å². The van der Waals surface area contributed by atoms with Gasteiger partial charge in [-0.15, -0.1) is 0 Å². The highest BCUT2D eigenvalue weighted by Gasteiger charge is 2.18. The van der Waals surface area contributed by atoms with Crippen molar-refractivity contribution in [2.75, 3.05) is 11.8 Å². The molecule has 8 heteroatoms. The van der Waals surface area contributed by atoms with Crippen LogP contribution in [-0.4, -0.2) is 27.6 Å². The van der Waals surface area contributed by atoms with E-state index >= 15 is 0 Å². The minimum Gasteiger partial charge on any atom is -0.496 e. The van der Waals surface area contributed by atoms with Gasteiger partial charge in [-0.05, 0) is 43.3 Å². The molecule has 1 amide bonds. The first-order chi connectivity index (χ1) is 14.4. The van der Waals surface area contributed by atoms with E-state index in [1.165, 1.54) is 30.5 Å². The Morgan fingerprint density at radius 2 is 1.63 bits per heavy atom. The van der Waals surface area contributed by atoms with E-state index < -0.39 is 15.9 Å². The lowest BCUT2D eigenvalue weighted by Gasteiger charge is -2.12. The molecule has 2 N–H and O–H groups in total. The van der Waals surface area contributed by atoms with E-state index in [1.807, 2.05) is 19.1 Å². The summed E-state index contributed by atoms with van der Waals surface area (Å²) in [6, 6.07) is 20.0. The van der Waals surface area contributed by atoms with Crippen molar-refractivity contribution in [3.8, 4) is 5.75 Å². The van der Waals surface area contributed by atoms with Crippen molar-refractivity contribution in [2.45, 2.75) is 11.8 Å². The van der Waals surface area contributed by atoms with E-state index in [0.717, 1.165) is 5.56 Å². The van der Waals surface area contributed by atoms with E-state index in [9.17, 15) is 13.2 Å². The summed E-state index contributed by atoms with van der Waals surface area (Å²) in [5.41, 5.74) is 4.35. The third-order valence-corrected chi connectivity index (χ3v) is 5.64. The quantitative estimate of drug-likeness (QED) is 0.448. The number of hydrogen-bond acceptors (Lipinski definition) is 5. The summed E-state index contributed by atoms with van der Waals surface area (Å²) in [5.74, 6) is 0.0603. The standard InChI is InChI=1S/C22H21N3O4S/c1-16-11-13-18(14-12-16)30(27,28)25-20-9-5-4-8-19(20)22(26)24-23-15-17-7-3-6-10-21(17)29-2/h3-15,25H,1-2H3,(H,24,26)/b23-15-. The third kappa shape index (κ3) is 5.03. The molecule has 0 saturated carbocycles. The number of aryl methyl sites for hydroxylation is 1. The van der Waals surface area contributed by atoms with Crippen LogP contribution < -0.4 is 14.9 Å². The van der Waals surface area contributed by atoms with Crippen molar-refractivity contribution in [1.82, 2.24) is 5.43 Å². The Morgan fingerprint density at radius 3 is 2.37 bits per heavy atom. The number of hydrogen-bond donors (Lipinski definition) is 2. The molecule has 3 rings (SSSR count). The Labute approximate surface area is 175 Å². The average molecular weight is 423 g/mol. The maximum atomic E-state index is 12.7. The van der Waals surface area contributed by atoms with Crippen LogP contribution in [0, 0.1) is 6.92 Å². The molecule has 0 saturated heterocycles. The van der Waals surface area contributed by atoms with Gasteiger partial charge in [-0.3, -0.25) is 9.52 Å². The highest BCUT2D eigenvalue weighted by Crippen LogP contribution is 2.20. The molecule has 0 aliphatic heterocycles. The van der Waals surface area contributed by atoms with Crippen LogP contribution in [0.3, 0.4) is 0 Å². The van der Waals surface area contributed by atoms with Gasteiger partial charge in [-0.2, -0.15) is 5.10 Å².